The Morgan fingerprint density at radius 3 is 1.00 bits per heavy atom. The fraction of sp³-hybridized carbons (Fsp3) is 1.00. The molecule has 0 spiro atoms. The van der Waals surface area contributed by atoms with Crippen molar-refractivity contribution in [2.45, 2.75) is 19.6 Å². The minimum Gasteiger partial charge on any atom is -0.415 e. The Hall–Kier alpha value is -0.133. The Bertz CT molecular complexity index is 280. The quantitative estimate of drug-likeness (QED) is 0.215. The molecule has 0 aromatic carbocycles. The highest BCUT2D eigenvalue weighted by Gasteiger charge is 2.12. The molecule has 0 aliphatic carbocycles. The summed E-state index contributed by atoms with van der Waals surface area (Å²) in [6.07, 6.45) is 0. The molecule has 0 radical (unpaired) electrons. The zero-order valence-corrected chi connectivity index (χ0v) is 17.6. The Morgan fingerprint density at radius 2 is 0.731 bits per heavy atom. The van der Waals surface area contributed by atoms with Gasteiger partial charge in [0, 0.05) is 0 Å². The summed E-state index contributed by atoms with van der Waals surface area (Å²) in [5, 5.41) is 0. The van der Waals surface area contributed by atoms with Crippen LogP contribution in [-0.2, 0) is 32.8 Å². The van der Waals surface area contributed by atoms with Crippen molar-refractivity contribution in [1.82, 2.24) is 0 Å². The summed E-state index contributed by atoms with van der Waals surface area (Å²) in [7, 11) is -1.43. The van der Waals surface area contributed by atoms with Gasteiger partial charge in [-0.1, -0.05) is 0 Å². The normalized spacial score (nSPS) is 12.0. The van der Waals surface area contributed by atoms with Crippen molar-refractivity contribution in [3.8, 4) is 0 Å². The van der Waals surface area contributed by atoms with Gasteiger partial charge in [-0.3, -0.25) is 0 Å². The van der Waals surface area contributed by atoms with Gasteiger partial charge >= 0.3 is 0 Å². The van der Waals surface area contributed by atoms with Crippen LogP contribution in [0.15, 0.2) is 0 Å². The van der Waals surface area contributed by atoms with Gasteiger partial charge in [0.2, 0.25) is 0 Å². The van der Waals surface area contributed by atoms with E-state index in [0.717, 1.165) is 0 Å². The summed E-state index contributed by atoms with van der Waals surface area (Å²) in [5.74, 6) is 0. The lowest BCUT2D eigenvalue weighted by molar-refractivity contribution is -0.0182. The van der Waals surface area contributed by atoms with Gasteiger partial charge in [0.1, 0.15) is 6.67 Å². The summed E-state index contributed by atoms with van der Waals surface area (Å²) < 4.78 is 49.2. The molecule has 0 fully saturated rings. The summed E-state index contributed by atoms with van der Waals surface area (Å²) in [6.45, 7) is 12.5. The van der Waals surface area contributed by atoms with E-state index >= 15 is 0 Å². The molecule has 0 bridgehead atoms. The highest BCUT2D eigenvalue weighted by Crippen LogP contribution is 2.01. The van der Waals surface area contributed by atoms with Gasteiger partial charge in [-0.2, -0.15) is 0 Å². The molecule has 0 saturated heterocycles. The van der Waals surface area contributed by atoms with Gasteiger partial charge in [0.25, 0.3) is 0 Å². The smallest absolute Gasteiger partial charge is 0.183 e. The van der Waals surface area contributed by atoms with E-state index < -0.39 is 15.0 Å². The molecule has 0 aliphatic rings. The standard InChI is InChI=1S/C17H37FO7Si/c1-26(2,3)25-17-16-24-15-14-23-13-12-22-11-10-21-9-8-20-7-6-19-5-4-18/h4-17H2,1-3H3. The SMILES string of the molecule is C[Si](C)(C)OCCOCCOCCOCCOCCOCCOCCF. The molecule has 0 aliphatic heterocycles. The Balaban J connectivity index is 3.01. The summed E-state index contributed by atoms with van der Waals surface area (Å²) >= 11 is 0. The van der Waals surface area contributed by atoms with E-state index in [1.54, 1.807) is 0 Å². The maximum Gasteiger partial charge on any atom is 0.183 e. The van der Waals surface area contributed by atoms with Gasteiger partial charge in [0.05, 0.1) is 85.9 Å². The fourth-order valence-corrected chi connectivity index (χ4v) is 2.36. The van der Waals surface area contributed by atoms with Crippen molar-refractivity contribution in [2.75, 3.05) is 92.6 Å². The number of hydrogen-bond acceptors (Lipinski definition) is 7. The van der Waals surface area contributed by atoms with Crippen LogP contribution in [0, 0.1) is 0 Å². The van der Waals surface area contributed by atoms with Gasteiger partial charge in [-0.25, -0.2) is 4.39 Å². The van der Waals surface area contributed by atoms with Crippen molar-refractivity contribution in [3.63, 3.8) is 0 Å². The molecular weight excluding hydrogens is 363 g/mol. The lowest BCUT2D eigenvalue weighted by Crippen LogP contribution is -2.27. The fourth-order valence-electron chi connectivity index (χ4n) is 1.66. The van der Waals surface area contributed by atoms with Crippen LogP contribution in [0.25, 0.3) is 0 Å². The van der Waals surface area contributed by atoms with E-state index in [9.17, 15) is 4.39 Å². The second kappa shape index (κ2) is 19.6. The highest BCUT2D eigenvalue weighted by molar-refractivity contribution is 6.69. The molecule has 0 N–H and O–H groups in total. The highest BCUT2D eigenvalue weighted by atomic mass is 28.4. The molecular formula is C17H37FO7Si. The lowest BCUT2D eigenvalue weighted by Gasteiger charge is -2.16. The van der Waals surface area contributed by atoms with Crippen molar-refractivity contribution in [1.29, 1.82) is 0 Å². The van der Waals surface area contributed by atoms with E-state index in [1.165, 1.54) is 0 Å². The maximum atomic E-state index is 11.7. The van der Waals surface area contributed by atoms with E-state index in [1.807, 2.05) is 0 Å². The maximum absolute atomic E-state index is 11.7. The van der Waals surface area contributed by atoms with Crippen molar-refractivity contribution in [3.05, 3.63) is 0 Å². The summed E-state index contributed by atoms with van der Waals surface area (Å²) in [6, 6.07) is 0. The van der Waals surface area contributed by atoms with E-state index in [0.29, 0.717) is 79.3 Å². The largest absolute Gasteiger partial charge is 0.415 e. The number of alkyl halides is 1. The van der Waals surface area contributed by atoms with Crippen molar-refractivity contribution >= 4 is 8.32 Å². The topological polar surface area (TPSA) is 64.6 Å². The minimum atomic E-state index is -1.43. The van der Waals surface area contributed by atoms with Crippen LogP contribution < -0.4 is 0 Å². The summed E-state index contributed by atoms with van der Waals surface area (Å²) in [4.78, 5) is 0. The van der Waals surface area contributed by atoms with E-state index in [4.69, 9.17) is 32.8 Å². The van der Waals surface area contributed by atoms with Gasteiger partial charge in [-0.15, -0.1) is 0 Å². The van der Waals surface area contributed by atoms with Crippen LogP contribution in [0.3, 0.4) is 0 Å². The molecule has 9 heteroatoms. The Kier molecular flexibility index (Phi) is 19.5. The molecule has 0 saturated carbocycles. The molecule has 0 atom stereocenters. The second-order valence-corrected chi connectivity index (χ2v) is 10.8. The first kappa shape index (κ1) is 25.9. The predicted molar refractivity (Wildman–Crippen MR) is 100 cm³/mol. The minimum absolute atomic E-state index is 0.127. The van der Waals surface area contributed by atoms with Crippen molar-refractivity contribution in [2.24, 2.45) is 0 Å². The van der Waals surface area contributed by atoms with Crippen LogP contribution in [0.1, 0.15) is 0 Å². The molecule has 0 aromatic heterocycles. The zero-order chi connectivity index (χ0) is 19.3. The van der Waals surface area contributed by atoms with Crippen molar-refractivity contribution < 1.29 is 37.2 Å². The van der Waals surface area contributed by atoms with E-state index in [-0.39, 0.29) is 6.61 Å². The molecule has 0 unspecified atom stereocenters. The molecule has 0 amide bonds. The third-order valence-electron chi connectivity index (χ3n) is 2.84. The lowest BCUT2D eigenvalue weighted by atomic mass is 10.7. The zero-order valence-electron chi connectivity index (χ0n) is 16.6. The van der Waals surface area contributed by atoms with E-state index in [2.05, 4.69) is 19.6 Å². The Morgan fingerprint density at radius 1 is 0.462 bits per heavy atom. The molecule has 26 heavy (non-hydrogen) atoms. The molecule has 0 aromatic rings. The van der Waals surface area contributed by atoms with Crippen LogP contribution in [0.4, 0.5) is 4.39 Å². The number of ether oxygens (including phenoxy) is 6. The van der Waals surface area contributed by atoms with Gasteiger partial charge in [0.15, 0.2) is 8.32 Å². The first-order chi connectivity index (χ1) is 12.6. The Labute approximate surface area is 158 Å². The molecule has 158 valence electrons. The average Bonchev–Trinajstić information content (AvgIpc) is 2.59. The van der Waals surface area contributed by atoms with Crippen LogP contribution in [-0.4, -0.2) is 101 Å². The first-order valence-corrected chi connectivity index (χ1v) is 12.6. The monoisotopic (exact) mass is 400 g/mol. The number of rotatable bonds is 21. The molecule has 7 nitrogen and oxygen atoms in total. The third-order valence-corrected chi connectivity index (χ3v) is 3.91. The second-order valence-electron chi connectivity index (χ2n) is 6.32. The predicted octanol–water partition coefficient (Wildman–Crippen LogP) is 1.91. The third kappa shape index (κ3) is 23.9. The van der Waals surface area contributed by atoms with Crippen LogP contribution in [0.5, 0.6) is 0 Å². The van der Waals surface area contributed by atoms with Gasteiger partial charge in [-0.05, 0) is 19.6 Å². The number of hydrogen-bond donors (Lipinski definition) is 0. The molecule has 0 heterocycles. The summed E-state index contributed by atoms with van der Waals surface area (Å²) in [5.41, 5.74) is 0. The average molecular weight is 401 g/mol. The molecule has 0 rings (SSSR count). The first-order valence-electron chi connectivity index (χ1n) is 9.22. The van der Waals surface area contributed by atoms with Crippen LogP contribution >= 0.6 is 0 Å². The van der Waals surface area contributed by atoms with Gasteiger partial charge < -0.3 is 32.8 Å². The van der Waals surface area contributed by atoms with Crippen LogP contribution in [0.2, 0.25) is 19.6 Å². The number of halogens is 1.